The van der Waals surface area contributed by atoms with Crippen LogP contribution in [0.25, 0.3) is 0 Å². The SMILES string of the molecule is CCC1CCCC(NCc2csc(C(C)(C)C)n2)C1. The van der Waals surface area contributed by atoms with Gasteiger partial charge in [-0.3, -0.25) is 0 Å². The summed E-state index contributed by atoms with van der Waals surface area (Å²) in [4.78, 5) is 4.76. The van der Waals surface area contributed by atoms with Crippen molar-refractivity contribution in [3.05, 3.63) is 16.1 Å². The van der Waals surface area contributed by atoms with Crippen LogP contribution in [0.2, 0.25) is 0 Å². The van der Waals surface area contributed by atoms with Gasteiger partial charge in [0.15, 0.2) is 0 Å². The third-order valence-corrected chi connectivity index (χ3v) is 5.44. The second-order valence-corrected chi connectivity index (χ2v) is 7.77. The molecule has 1 aliphatic carbocycles. The molecule has 1 aliphatic rings. The number of rotatable bonds is 4. The molecular weight excluding hydrogens is 252 g/mol. The van der Waals surface area contributed by atoms with Crippen LogP contribution >= 0.6 is 11.3 Å². The molecule has 2 atom stereocenters. The van der Waals surface area contributed by atoms with Crippen LogP contribution in [0.5, 0.6) is 0 Å². The summed E-state index contributed by atoms with van der Waals surface area (Å²) in [5.41, 5.74) is 1.40. The van der Waals surface area contributed by atoms with Gasteiger partial charge in [-0.15, -0.1) is 11.3 Å². The van der Waals surface area contributed by atoms with Crippen molar-refractivity contribution in [2.75, 3.05) is 0 Å². The smallest absolute Gasteiger partial charge is 0.0982 e. The summed E-state index contributed by atoms with van der Waals surface area (Å²) in [6.07, 6.45) is 6.85. The van der Waals surface area contributed by atoms with Crippen LogP contribution in [0.1, 0.15) is 70.5 Å². The fraction of sp³-hybridized carbons (Fsp3) is 0.812. The largest absolute Gasteiger partial charge is 0.308 e. The molecule has 108 valence electrons. The molecule has 3 heteroatoms. The molecule has 1 saturated carbocycles. The van der Waals surface area contributed by atoms with Crippen molar-refractivity contribution in [3.63, 3.8) is 0 Å². The lowest BCUT2D eigenvalue weighted by molar-refractivity contribution is 0.278. The van der Waals surface area contributed by atoms with E-state index in [4.69, 9.17) is 4.98 Å². The number of hydrogen-bond donors (Lipinski definition) is 1. The Labute approximate surface area is 122 Å². The molecule has 1 aromatic rings. The minimum absolute atomic E-state index is 0.182. The second-order valence-electron chi connectivity index (χ2n) is 6.91. The Morgan fingerprint density at radius 2 is 2.16 bits per heavy atom. The Kier molecular flexibility index (Phi) is 5.02. The number of thiazole rings is 1. The highest BCUT2D eigenvalue weighted by Gasteiger charge is 2.21. The molecule has 19 heavy (non-hydrogen) atoms. The normalized spacial score (nSPS) is 24.6. The fourth-order valence-corrected chi connectivity index (χ4v) is 3.74. The summed E-state index contributed by atoms with van der Waals surface area (Å²) in [7, 11) is 0. The lowest BCUT2D eigenvalue weighted by atomic mass is 9.84. The summed E-state index contributed by atoms with van der Waals surface area (Å²) in [5, 5.41) is 7.18. The van der Waals surface area contributed by atoms with Gasteiger partial charge in [0.05, 0.1) is 10.7 Å². The number of nitrogens with one attached hydrogen (secondary N) is 1. The molecule has 1 heterocycles. The quantitative estimate of drug-likeness (QED) is 0.878. The van der Waals surface area contributed by atoms with Gasteiger partial charge in [0.2, 0.25) is 0 Å². The van der Waals surface area contributed by atoms with Crippen LogP contribution < -0.4 is 5.32 Å². The van der Waals surface area contributed by atoms with Gasteiger partial charge in [0, 0.05) is 23.4 Å². The molecular formula is C16H28N2S. The summed E-state index contributed by atoms with van der Waals surface area (Å²) in [6.45, 7) is 9.96. The zero-order chi connectivity index (χ0) is 13.9. The average molecular weight is 280 g/mol. The first kappa shape index (κ1) is 15.0. The predicted molar refractivity (Wildman–Crippen MR) is 83.7 cm³/mol. The van der Waals surface area contributed by atoms with E-state index in [2.05, 4.69) is 38.4 Å². The van der Waals surface area contributed by atoms with E-state index in [1.165, 1.54) is 42.8 Å². The summed E-state index contributed by atoms with van der Waals surface area (Å²) in [5.74, 6) is 0.937. The van der Waals surface area contributed by atoms with E-state index < -0.39 is 0 Å². The maximum absolute atomic E-state index is 4.76. The Hall–Kier alpha value is -0.410. The van der Waals surface area contributed by atoms with Crippen molar-refractivity contribution >= 4 is 11.3 Å². The van der Waals surface area contributed by atoms with Crippen molar-refractivity contribution in [3.8, 4) is 0 Å². The molecule has 2 rings (SSSR count). The monoisotopic (exact) mass is 280 g/mol. The lowest BCUT2D eigenvalue weighted by Gasteiger charge is -2.29. The summed E-state index contributed by atoms with van der Waals surface area (Å²) < 4.78 is 0. The minimum atomic E-state index is 0.182. The van der Waals surface area contributed by atoms with E-state index >= 15 is 0 Å². The van der Waals surface area contributed by atoms with Crippen LogP contribution in [0.3, 0.4) is 0 Å². The molecule has 2 nitrogen and oxygen atoms in total. The average Bonchev–Trinajstić information content (AvgIpc) is 2.85. The first-order valence-electron chi connectivity index (χ1n) is 7.67. The topological polar surface area (TPSA) is 24.9 Å². The molecule has 2 unspecified atom stereocenters. The zero-order valence-corrected chi connectivity index (χ0v) is 13.6. The minimum Gasteiger partial charge on any atom is -0.308 e. The molecule has 0 radical (unpaired) electrons. The number of nitrogens with zero attached hydrogens (tertiary/aromatic N) is 1. The van der Waals surface area contributed by atoms with E-state index in [1.54, 1.807) is 11.3 Å². The number of hydrogen-bond acceptors (Lipinski definition) is 3. The molecule has 1 N–H and O–H groups in total. The van der Waals surface area contributed by atoms with Crippen LogP contribution in [0, 0.1) is 5.92 Å². The van der Waals surface area contributed by atoms with Crippen LogP contribution in [-0.2, 0) is 12.0 Å². The Bertz CT molecular complexity index is 392. The van der Waals surface area contributed by atoms with E-state index in [9.17, 15) is 0 Å². The molecule has 1 aromatic heterocycles. The third kappa shape index (κ3) is 4.28. The van der Waals surface area contributed by atoms with E-state index in [1.807, 2.05) is 0 Å². The standard InChI is InChI=1S/C16H28N2S/c1-5-12-7-6-8-13(9-12)17-10-14-11-19-15(18-14)16(2,3)4/h11-13,17H,5-10H2,1-4H3. The van der Waals surface area contributed by atoms with Crippen molar-refractivity contribution in [2.45, 2.75) is 77.8 Å². The Morgan fingerprint density at radius 3 is 2.79 bits per heavy atom. The van der Waals surface area contributed by atoms with Gasteiger partial charge in [-0.2, -0.15) is 0 Å². The van der Waals surface area contributed by atoms with Crippen LogP contribution in [-0.4, -0.2) is 11.0 Å². The molecule has 0 aromatic carbocycles. The summed E-state index contributed by atoms with van der Waals surface area (Å²) in [6, 6.07) is 0.707. The summed E-state index contributed by atoms with van der Waals surface area (Å²) >= 11 is 1.80. The highest BCUT2D eigenvalue weighted by molar-refractivity contribution is 7.09. The highest BCUT2D eigenvalue weighted by Crippen LogP contribution is 2.28. The van der Waals surface area contributed by atoms with Crippen molar-refractivity contribution in [1.29, 1.82) is 0 Å². The first-order chi connectivity index (χ1) is 8.99. The number of aromatic nitrogens is 1. The van der Waals surface area contributed by atoms with Crippen LogP contribution in [0.15, 0.2) is 5.38 Å². The van der Waals surface area contributed by atoms with Crippen molar-refractivity contribution in [1.82, 2.24) is 10.3 Å². The van der Waals surface area contributed by atoms with Gasteiger partial charge >= 0.3 is 0 Å². The third-order valence-electron chi connectivity index (χ3n) is 4.13. The first-order valence-corrected chi connectivity index (χ1v) is 8.55. The van der Waals surface area contributed by atoms with E-state index in [0.29, 0.717) is 6.04 Å². The van der Waals surface area contributed by atoms with E-state index in [0.717, 1.165) is 12.5 Å². The van der Waals surface area contributed by atoms with Crippen molar-refractivity contribution < 1.29 is 0 Å². The van der Waals surface area contributed by atoms with Crippen LogP contribution in [0.4, 0.5) is 0 Å². The molecule has 0 spiro atoms. The molecule has 0 aliphatic heterocycles. The maximum atomic E-state index is 4.76. The molecule has 1 fully saturated rings. The fourth-order valence-electron chi connectivity index (χ4n) is 2.83. The van der Waals surface area contributed by atoms with Crippen molar-refractivity contribution in [2.24, 2.45) is 5.92 Å². The molecule has 0 amide bonds. The Balaban J connectivity index is 1.83. The molecule has 0 bridgehead atoms. The van der Waals surface area contributed by atoms with Gasteiger partial charge in [-0.1, -0.05) is 47.0 Å². The zero-order valence-electron chi connectivity index (χ0n) is 12.8. The highest BCUT2D eigenvalue weighted by atomic mass is 32.1. The van der Waals surface area contributed by atoms with Gasteiger partial charge in [-0.25, -0.2) is 4.98 Å². The second kappa shape index (κ2) is 6.36. The van der Waals surface area contributed by atoms with E-state index in [-0.39, 0.29) is 5.41 Å². The van der Waals surface area contributed by atoms with Gasteiger partial charge in [0.25, 0.3) is 0 Å². The van der Waals surface area contributed by atoms with Gasteiger partial charge in [-0.05, 0) is 18.8 Å². The lowest BCUT2D eigenvalue weighted by Crippen LogP contribution is -2.33. The molecule has 0 saturated heterocycles. The van der Waals surface area contributed by atoms with Gasteiger partial charge in [0.1, 0.15) is 0 Å². The predicted octanol–water partition coefficient (Wildman–Crippen LogP) is 4.50. The maximum Gasteiger partial charge on any atom is 0.0982 e. The van der Waals surface area contributed by atoms with Gasteiger partial charge < -0.3 is 5.32 Å². The Morgan fingerprint density at radius 1 is 1.37 bits per heavy atom.